The van der Waals surface area contributed by atoms with Crippen molar-refractivity contribution in [1.29, 1.82) is 0 Å². The van der Waals surface area contributed by atoms with Crippen LogP contribution in [-0.2, 0) is 11.3 Å². The van der Waals surface area contributed by atoms with E-state index in [4.69, 9.17) is 9.47 Å². The van der Waals surface area contributed by atoms with Crippen LogP contribution >= 0.6 is 0 Å². The molecule has 0 saturated carbocycles. The third-order valence-electron chi connectivity index (χ3n) is 6.36. The van der Waals surface area contributed by atoms with E-state index in [-0.39, 0.29) is 5.78 Å². The van der Waals surface area contributed by atoms with Crippen LogP contribution in [-0.4, -0.2) is 54.7 Å². The quantitative estimate of drug-likeness (QED) is 0.354. The maximum Gasteiger partial charge on any atom is 0.195 e. The number of fused-ring (bicyclic) bond motifs is 2. The zero-order valence-electron chi connectivity index (χ0n) is 19.1. The van der Waals surface area contributed by atoms with Gasteiger partial charge in [-0.3, -0.25) is 9.69 Å². The molecule has 0 N–H and O–H groups in total. The second-order valence-corrected chi connectivity index (χ2v) is 8.57. The fraction of sp³-hybridized carbons (Fsp3) is 0.321. The zero-order valence-corrected chi connectivity index (χ0v) is 19.1. The van der Waals surface area contributed by atoms with Gasteiger partial charge in [0.1, 0.15) is 5.75 Å². The molecule has 5 nitrogen and oxygen atoms in total. The number of hydrogen-bond acceptors (Lipinski definition) is 4. The van der Waals surface area contributed by atoms with Crippen LogP contribution in [0.25, 0.3) is 21.7 Å². The minimum atomic E-state index is 0.0594. The van der Waals surface area contributed by atoms with Crippen LogP contribution in [0.2, 0.25) is 0 Å². The minimum Gasteiger partial charge on any atom is -0.494 e. The number of hydrogen-bond donors (Lipinski definition) is 0. The Hall–Kier alpha value is -3.15. The van der Waals surface area contributed by atoms with Gasteiger partial charge >= 0.3 is 0 Å². The lowest BCUT2D eigenvalue weighted by Crippen LogP contribution is -2.38. The molecule has 2 heterocycles. The van der Waals surface area contributed by atoms with Gasteiger partial charge < -0.3 is 14.0 Å². The van der Waals surface area contributed by atoms with Crippen molar-refractivity contribution in [3.63, 3.8) is 0 Å². The molecule has 5 rings (SSSR count). The Balaban J connectivity index is 1.47. The summed E-state index contributed by atoms with van der Waals surface area (Å²) in [6, 6.07) is 20.1. The molecule has 0 aliphatic carbocycles. The molecule has 1 saturated heterocycles. The van der Waals surface area contributed by atoms with Crippen molar-refractivity contribution in [3.8, 4) is 5.75 Å². The Morgan fingerprint density at radius 3 is 2.64 bits per heavy atom. The lowest BCUT2D eigenvalue weighted by atomic mass is 9.97. The van der Waals surface area contributed by atoms with Gasteiger partial charge in [0.25, 0.3) is 0 Å². The fourth-order valence-corrected chi connectivity index (χ4v) is 4.60. The first-order chi connectivity index (χ1) is 16.2. The van der Waals surface area contributed by atoms with Gasteiger partial charge in [-0.05, 0) is 41.5 Å². The average molecular weight is 443 g/mol. The summed E-state index contributed by atoms with van der Waals surface area (Å²) >= 11 is 0. The van der Waals surface area contributed by atoms with Crippen LogP contribution in [0, 0.1) is 0 Å². The molecule has 3 aromatic carbocycles. The molecule has 0 bridgehead atoms. The highest BCUT2D eigenvalue weighted by molar-refractivity contribution is 6.21. The molecule has 1 aromatic heterocycles. The smallest absolute Gasteiger partial charge is 0.195 e. The molecule has 1 aliphatic rings. The number of carbonyl (C=O) groups is 1. The predicted molar refractivity (Wildman–Crippen MR) is 132 cm³/mol. The van der Waals surface area contributed by atoms with Crippen molar-refractivity contribution in [2.45, 2.75) is 19.9 Å². The van der Waals surface area contributed by atoms with E-state index >= 15 is 0 Å². The second kappa shape index (κ2) is 9.77. The van der Waals surface area contributed by atoms with Crippen molar-refractivity contribution in [3.05, 3.63) is 78.0 Å². The van der Waals surface area contributed by atoms with E-state index in [1.807, 2.05) is 54.7 Å². The van der Waals surface area contributed by atoms with E-state index in [0.29, 0.717) is 6.61 Å². The third-order valence-corrected chi connectivity index (χ3v) is 6.36. The molecule has 1 fully saturated rings. The largest absolute Gasteiger partial charge is 0.494 e. The summed E-state index contributed by atoms with van der Waals surface area (Å²) in [6.45, 7) is 8.09. The summed E-state index contributed by atoms with van der Waals surface area (Å²) in [6.07, 6.45) is 3.00. The molecular weight excluding hydrogens is 412 g/mol. The maximum absolute atomic E-state index is 13.8. The molecular formula is C28H30N2O3. The van der Waals surface area contributed by atoms with Crippen molar-refractivity contribution in [1.82, 2.24) is 9.47 Å². The SMILES string of the molecule is CCCOc1ccc2c(C(=O)c3cn(CCN4CCOCC4)c4ccccc34)cccc2c1. The summed E-state index contributed by atoms with van der Waals surface area (Å²) in [5, 5.41) is 2.98. The van der Waals surface area contributed by atoms with Crippen molar-refractivity contribution >= 4 is 27.5 Å². The number of morpholine rings is 1. The summed E-state index contributed by atoms with van der Waals surface area (Å²) in [4.78, 5) is 16.2. The highest BCUT2D eigenvalue weighted by atomic mass is 16.5. The van der Waals surface area contributed by atoms with Crippen LogP contribution < -0.4 is 4.74 Å². The topological polar surface area (TPSA) is 43.7 Å². The molecule has 4 aromatic rings. The number of nitrogens with zero attached hydrogens (tertiary/aromatic N) is 2. The average Bonchev–Trinajstić information content (AvgIpc) is 3.24. The Kier molecular flexibility index (Phi) is 6.42. The van der Waals surface area contributed by atoms with Gasteiger partial charge in [0.2, 0.25) is 0 Å². The standard InChI is InChI=1S/C28H30N2O3/c1-2-16-33-22-10-11-23-21(19-22)6-5-8-25(23)28(31)26-20-30(27-9-4-3-7-24(26)27)13-12-29-14-17-32-18-15-29/h3-11,19-20H,2,12-18H2,1H3. The van der Waals surface area contributed by atoms with E-state index in [2.05, 4.69) is 28.5 Å². The molecule has 0 radical (unpaired) electrons. The normalized spacial score (nSPS) is 14.7. The first-order valence-corrected chi connectivity index (χ1v) is 11.8. The number of benzene rings is 3. The van der Waals surface area contributed by atoms with Crippen molar-refractivity contribution in [2.75, 3.05) is 39.5 Å². The van der Waals surface area contributed by atoms with E-state index in [1.54, 1.807) is 0 Å². The van der Waals surface area contributed by atoms with Crippen LogP contribution in [0.15, 0.2) is 66.9 Å². The third kappa shape index (κ3) is 4.52. The van der Waals surface area contributed by atoms with Gasteiger partial charge in [-0.2, -0.15) is 0 Å². The van der Waals surface area contributed by atoms with Crippen LogP contribution in [0.3, 0.4) is 0 Å². The van der Waals surface area contributed by atoms with Crippen LogP contribution in [0.5, 0.6) is 5.75 Å². The number of para-hydroxylation sites is 1. The van der Waals surface area contributed by atoms with Crippen LogP contribution in [0.4, 0.5) is 0 Å². The monoisotopic (exact) mass is 442 g/mol. The number of carbonyl (C=O) groups excluding carboxylic acids is 1. The summed E-state index contributed by atoms with van der Waals surface area (Å²) < 4.78 is 13.5. The van der Waals surface area contributed by atoms with Gasteiger partial charge in [-0.15, -0.1) is 0 Å². The molecule has 0 atom stereocenters. The summed E-state index contributed by atoms with van der Waals surface area (Å²) in [5.41, 5.74) is 2.58. The molecule has 1 aliphatic heterocycles. The molecule has 33 heavy (non-hydrogen) atoms. The summed E-state index contributed by atoms with van der Waals surface area (Å²) in [7, 11) is 0. The van der Waals surface area contributed by atoms with E-state index < -0.39 is 0 Å². The zero-order chi connectivity index (χ0) is 22.6. The van der Waals surface area contributed by atoms with E-state index in [0.717, 1.165) is 84.4 Å². The summed E-state index contributed by atoms with van der Waals surface area (Å²) in [5.74, 6) is 0.901. The number of ketones is 1. The molecule has 0 unspecified atom stereocenters. The number of ether oxygens (including phenoxy) is 2. The fourth-order valence-electron chi connectivity index (χ4n) is 4.60. The van der Waals surface area contributed by atoms with Crippen molar-refractivity contribution < 1.29 is 14.3 Å². The number of rotatable bonds is 8. The molecule has 0 spiro atoms. The Morgan fingerprint density at radius 1 is 0.939 bits per heavy atom. The Morgan fingerprint density at radius 2 is 1.79 bits per heavy atom. The lowest BCUT2D eigenvalue weighted by Gasteiger charge is -2.26. The highest BCUT2D eigenvalue weighted by Crippen LogP contribution is 2.29. The Labute approximate surface area is 194 Å². The molecule has 170 valence electrons. The van der Waals surface area contributed by atoms with E-state index in [1.165, 1.54) is 0 Å². The maximum atomic E-state index is 13.8. The van der Waals surface area contributed by atoms with Gasteiger partial charge in [0.05, 0.1) is 19.8 Å². The van der Waals surface area contributed by atoms with Gasteiger partial charge in [-0.1, -0.05) is 43.3 Å². The first kappa shape index (κ1) is 21.7. The van der Waals surface area contributed by atoms with Gasteiger partial charge in [0.15, 0.2) is 5.78 Å². The lowest BCUT2D eigenvalue weighted by molar-refractivity contribution is 0.0365. The van der Waals surface area contributed by atoms with Gasteiger partial charge in [0, 0.05) is 54.4 Å². The molecule has 0 amide bonds. The molecule has 5 heteroatoms. The van der Waals surface area contributed by atoms with Crippen molar-refractivity contribution in [2.24, 2.45) is 0 Å². The first-order valence-electron chi connectivity index (χ1n) is 11.8. The predicted octanol–water partition coefficient (Wildman–Crippen LogP) is 5.15. The Bertz CT molecular complexity index is 1270. The van der Waals surface area contributed by atoms with E-state index in [9.17, 15) is 4.79 Å². The number of aromatic nitrogens is 1. The van der Waals surface area contributed by atoms with Gasteiger partial charge in [-0.25, -0.2) is 0 Å². The highest BCUT2D eigenvalue weighted by Gasteiger charge is 2.19. The minimum absolute atomic E-state index is 0.0594. The second-order valence-electron chi connectivity index (χ2n) is 8.57. The van der Waals surface area contributed by atoms with Crippen LogP contribution in [0.1, 0.15) is 29.3 Å².